The SMILES string of the molecule is C=C(C)C(=O)Oc1ccc(-c2cc(C(=C)C)c(-c3ccc(OC)cc3)cc2C(=C)C)cc1. The molecule has 0 aromatic heterocycles. The number of esters is 1. The summed E-state index contributed by atoms with van der Waals surface area (Å²) in [5.41, 5.74) is 8.62. The summed E-state index contributed by atoms with van der Waals surface area (Å²) in [4.78, 5) is 11.8. The molecule has 32 heavy (non-hydrogen) atoms. The highest BCUT2D eigenvalue weighted by Crippen LogP contribution is 2.38. The second kappa shape index (κ2) is 9.52. The van der Waals surface area contributed by atoms with Crippen LogP contribution < -0.4 is 9.47 Å². The molecule has 0 saturated heterocycles. The molecule has 0 saturated carbocycles. The highest BCUT2D eigenvalue weighted by atomic mass is 16.5. The molecule has 0 fully saturated rings. The molecule has 0 aliphatic heterocycles. The van der Waals surface area contributed by atoms with Gasteiger partial charge in [0.2, 0.25) is 0 Å². The van der Waals surface area contributed by atoms with Gasteiger partial charge in [-0.3, -0.25) is 0 Å². The first-order valence-corrected chi connectivity index (χ1v) is 10.3. The van der Waals surface area contributed by atoms with Crippen LogP contribution in [0.3, 0.4) is 0 Å². The van der Waals surface area contributed by atoms with Crippen LogP contribution in [0, 0.1) is 0 Å². The zero-order chi connectivity index (χ0) is 23.4. The molecule has 3 heteroatoms. The van der Waals surface area contributed by atoms with Crippen molar-refractivity contribution in [3.8, 4) is 33.8 Å². The lowest BCUT2D eigenvalue weighted by Crippen LogP contribution is -2.07. The van der Waals surface area contributed by atoms with Crippen molar-refractivity contribution < 1.29 is 14.3 Å². The van der Waals surface area contributed by atoms with Crippen LogP contribution in [0.1, 0.15) is 31.9 Å². The first kappa shape index (κ1) is 22.8. The molecule has 0 spiro atoms. The molecule has 0 bridgehead atoms. The Bertz CT molecular complexity index is 1200. The maximum Gasteiger partial charge on any atom is 0.338 e. The van der Waals surface area contributed by atoms with Gasteiger partial charge in [0.05, 0.1) is 7.11 Å². The fourth-order valence-electron chi connectivity index (χ4n) is 3.45. The van der Waals surface area contributed by atoms with Gasteiger partial charge in [-0.05, 0) is 90.6 Å². The zero-order valence-corrected chi connectivity index (χ0v) is 19.1. The van der Waals surface area contributed by atoms with Crippen molar-refractivity contribution in [3.05, 3.63) is 97.1 Å². The van der Waals surface area contributed by atoms with E-state index in [0.717, 1.165) is 50.3 Å². The summed E-state index contributed by atoms with van der Waals surface area (Å²) in [7, 11) is 1.66. The number of hydrogen-bond donors (Lipinski definition) is 0. The summed E-state index contributed by atoms with van der Waals surface area (Å²) in [6.45, 7) is 17.7. The molecular weight excluding hydrogens is 396 g/mol. The minimum absolute atomic E-state index is 0.360. The van der Waals surface area contributed by atoms with E-state index in [2.05, 4.69) is 31.9 Å². The van der Waals surface area contributed by atoms with Crippen molar-refractivity contribution in [1.82, 2.24) is 0 Å². The van der Waals surface area contributed by atoms with Gasteiger partial charge in [-0.15, -0.1) is 0 Å². The second-order valence-electron chi connectivity index (χ2n) is 7.93. The molecule has 0 aliphatic rings. The number of allylic oxidation sites excluding steroid dienone is 2. The molecule has 3 rings (SSSR count). The largest absolute Gasteiger partial charge is 0.497 e. The minimum Gasteiger partial charge on any atom is -0.497 e. The number of rotatable bonds is 7. The van der Waals surface area contributed by atoms with Crippen LogP contribution in [0.4, 0.5) is 0 Å². The van der Waals surface area contributed by atoms with E-state index < -0.39 is 5.97 Å². The Balaban J connectivity index is 2.11. The number of carbonyl (C=O) groups is 1. The Labute approximate surface area is 190 Å². The summed E-state index contributed by atoms with van der Waals surface area (Å²) < 4.78 is 10.6. The van der Waals surface area contributed by atoms with Crippen LogP contribution in [-0.2, 0) is 4.79 Å². The zero-order valence-electron chi connectivity index (χ0n) is 19.1. The maximum atomic E-state index is 11.8. The van der Waals surface area contributed by atoms with Crippen molar-refractivity contribution in [2.24, 2.45) is 0 Å². The standard InChI is InChI=1S/C29H28O3/c1-18(2)25-17-28(22-10-14-24(15-11-22)32-29(30)20(5)6)26(19(3)4)16-27(25)21-8-12-23(31-7)13-9-21/h8-17H,1,3,5H2,2,4,6-7H3. The Kier molecular flexibility index (Phi) is 6.79. The van der Waals surface area contributed by atoms with E-state index in [4.69, 9.17) is 9.47 Å². The lowest BCUT2D eigenvalue weighted by atomic mass is 9.86. The number of hydrogen-bond acceptors (Lipinski definition) is 3. The van der Waals surface area contributed by atoms with Crippen LogP contribution in [0.15, 0.2) is 86.0 Å². The third-order valence-electron chi connectivity index (χ3n) is 5.20. The van der Waals surface area contributed by atoms with Crippen molar-refractivity contribution >= 4 is 17.1 Å². The summed E-state index contributed by atoms with van der Waals surface area (Å²) in [5.74, 6) is 0.859. The molecule has 0 unspecified atom stereocenters. The van der Waals surface area contributed by atoms with E-state index >= 15 is 0 Å². The molecule has 3 nitrogen and oxygen atoms in total. The fraction of sp³-hybridized carbons (Fsp3) is 0.138. The van der Waals surface area contributed by atoms with Gasteiger partial charge < -0.3 is 9.47 Å². The fourth-order valence-corrected chi connectivity index (χ4v) is 3.45. The third kappa shape index (κ3) is 4.89. The van der Waals surface area contributed by atoms with Gasteiger partial charge in [0.15, 0.2) is 0 Å². The number of methoxy groups -OCH3 is 1. The van der Waals surface area contributed by atoms with Gasteiger partial charge in [-0.25, -0.2) is 4.79 Å². The Morgan fingerprint density at radius 1 is 0.688 bits per heavy atom. The van der Waals surface area contributed by atoms with Gasteiger partial charge in [0.25, 0.3) is 0 Å². The molecule has 0 atom stereocenters. The van der Waals surface area contributed by atoms with E-state index in [9.17, 15) is 4.79 Å². The molecule has 0 amide bonds. The Hall–Kier alpha value is -3.85. The van der Waals surface area contributed by atoms with E-state index in [1.807, 2.05) is 50.2 Å². The van der Waals surface area contributed by atoms with Crippen molar-refractivity contribution in [3.63, 3.8) is 0 Å². The topological polar surface area (TPSA) is 35.5 Å². The molecule has 162 valence electrons. The molecule has 3 aromatic rings. The summed E-state index contributed by atoms with van der Waals surface area (Å²) in [5, 5.41) is 0. The average Bonchev–Trinajstić information content (AvgIpc) is 2.78. The van der Waals surface area contributed by atoms with Gasteiger partial charge in [-0.2, -0.15) is 0 Å². The number of ether oxygens (including phenoxy) is 2. The Morgan fingerprint density at radius 3 is 1.44 bits per heavy atom. The monoisotopic (exact) mass is 424 g/mol. The van der Waals surface area contributed by atoms with E-state index in [0.29, 0.717) is 11.3 Å². The summed E-state index contributed by atoms with van der Waals surface area (Å²) in [6, 6.07) is 19.8. The normalized spacial score (nSPS) is 10.4. The lowest BCUT2D eigenvalue weighted by molar-refractivity contribution is -0.130. The predicted molar refractivity (Wildman–Crippen MR) is 134 cm³/mol. The first-order chi connectivity index (χ1) is 15.2. The van der Waals surface area contributed by atoms with Crippen molar-refractivity contribution in [2.45, 2.75) is 20.8 Å². The molecule has 3 aromatic carbocycles. The molecule has 0 radical (unpaired) electrons. The Morgan fingerprint density at radius 2 is 1.09 bits per heavy atom. The molecule has 0 N–H and O–H groups in total. The average molecular weight is 425 g/mol. The molecule has 0 aliphatic carbocycles. The predicted octanol–water partition coefficient (Wildman–Crippen LogP) is 7.58. The van der Waals surface area contributed by atoms with Gasteiger partial charge in [0, 0.05) is 5.57 Å². The maximum absolute atomic E-state index is 11.8. The number of benzene rings is 3. The van der Waals surface area contributed by atoms with Crippen LogP contribution >= 0.6 is 0 Å². The highest BCUT2D eigenvalue weighted by Gasteiger charge is 2.15. The summed E-state index contributed by atoms with van der Waals surface area (Å²) >= 11 is 0. The van der Waals surface area contributed by atoms with Crippen LogP contribution in [0.2, 0.25) is 0 Å². The van der Waals surface area contributed by atoms with Gasteiger partial charge in [-0.1, -0.05) is 55.1 Å². The highest BCUT2D eigenvalue weighted by molar-refractivity contribution is 5.91. The number of carbonyl (C=O) groups excluding carboxylic acids is 1. The second-order valence-corrected chi connectivity index (χ2v) is 7.93. The van der Waals surface area contributed by atoms with Gasteiger partial charge in [0.1, 0.15) is 11.5 Å². The van der Waals surface area contributed by atoms with Gasteiger partial charge >= 0.3 is 5.97 Å². The minimum atomic E-state index is -0.436. The molecule has 0 heterocycles. The lowest BCUT2D eigenvalue weighted by Gasteiger charge is -2.18. The van der Waals surface area contributed by atoms with Crippen LogP contribution in [0.5, 0.6) is 11.5 Å². The first-order valence-electron chi connectivity index (χ1n) is 10.3. The van der Waals surface area contributed by atoms with Crippen LogP contribution in [-0.4, -0.2) is 13.1 Å². The smallest absolute Gasteiger partial charge is 0.338 e. The van der Waals surface area contributed by atoms with Crippen molar-refractivity contribution in [2.75, 3.05) is 7.11 Å². The third-order valence-corrected chi connectivity index (χ3v) is 5.20. The van der Waals surface area contributed by atoms with E-state index in [-0.39, 0.29) is 0 Å². The van der Waals surface area contributed by atoms with E-state index in [1.54, 1.807) is 26.2 Å². The molecular formula is C29H28O3. The van der Waals surface area contributed by atoms with Crippen LogP contribution in [0.25, 0.3) is 33.4 Å². The summed E-state index contributed by atoms with van der Waals surface area (Å²) in [6.07, 6.45) is 0. The quantitative estimate of drug-likeness (QED) is 0.223. The van der Waals surface area contributed by atoms with E-state index in [1.165, 1.54) is 0 Å². The van der Waals surface area contributed by atoms with Crippen molar-refractivity contribution in [1.29, 1.82) is 0 Å².